The van der Waals surface area contributed by atoms with Crippen LogP contribution < -0.4 is 4.74 Å². The SMILES string of the molecule is CCCCC(=O)Oc1ccc(COP(=O)(CC(=O)OC)OCc2ccc(O)cc2)cc1. The van der Waals surface area contributed by atoms with Crippen LogP contribution in [0.2, 0.25) is 0 Å². The first kappa shape index (κ1) is 24.6. The zero-order valence-electron chi connectivity index (χ0n) is 17.6. The summed E-state index contributed by atoms with van der Waals surface area (Å²) in [4.78, 5) is 23.4. The van der Waals surface area contributed by atoms with Gasteiger partial charge in [0.1, 0.15) is 17.7 Å². The minimum atomic E-state index is -3.80. The predicted octanol–water partition coefficient (Wildman–Crippen LogP) is 4.59. The van der Waals surface area contributed by atoms with E-state index in [0.29, 0.717) is 23.3 Å². The van der Waals surface area contributed by atoms with Crippen LogP contribution >= 0.6 is 7.60 Å². The van der Waals surface area contributed by atoms with Gasteiger partial charge in [-0.25, -0.2) is 0 Å². The van der Waals surface area contributed by atoms with Crippen LogP contribution in [0.15, 0.2) is 48.5 Å². The third-order valence-corrected chi connectivity index (χ3v) is 5.92. The van der Waals surface area contributed by atoms with Gasteiger partial charge >= 0.3 is 19.5 Å². The molecular weight excluding hydrogens is 423 g/mol. The summed E-state index contributed by atoms with van der Waals surface area (Å²) < 4.78 is 33.8. The number of ether oxygens (including phenoxy) is 2. The quantitative estimate of drug-likeness (QED) is 0.284. The zero-order valence-corrected chi connectivity index (χ0v) is 18.5. The van der Waals surface area contributed by atoms with Gasteiger partial charge in [0.2, 0.25) is 0 Å². The van der Waals surface area contributed by atoms with Gasteiger partial charge in [0.25, 0.3) is 0 Å². The Balaban J connectivity index is 1.97. The van der Waals surface area contributed by atoms with Gasteiger partial charge in [0.15, 0.2) is 0 Å². The molecule has 0 bridgehead atoms. The third kappa shape index (κ3) is 8.92. The van der Waals surface area contributed by atoms with Crippen molar-refractivity contribution in [1.82, 2.24) is 0 Å². The number of phenolic OH excluding ortho intramolecular Hbond substituents is 1. The molecule has 0 aliphatic rings. The molecule has 0 aliphatic heterocycles. The topological polar surface area (TPSA) is 108 Å². The number of carbonyl (C=O) groups excluding carboxylic acids is 2. The normalized spacial score (nSPS) is 12.7. The van der Waals surface area contributed by atoms with Crippen LogP contribution in [0.4, 0.5) is 0 Å². The fourth-order valence-electron chi connectivity index (χ4n) is 2.45. The molecule has 31 heavy (non-hydrogen) atoms. The number of benzene rings is 2. The number of hydrogen-bond donors (Lipinski definition) is 1. The Labute approximate surface area is 181 Å². The molecule has 0 aliphatic carbocycles. The number of carbonyl (C=O) groups is 2. The molecule has 0 fully saturated rings. The molecule has 2 rings (SSSR count). The van der Waals surface area contributed by atoms with Crippen molar-refractivity contribution >= 4 is 19.5 Å². The average molecular weight is 450 g/mol. The highest BCUT2D eigenvalue weighted by atomic mass is 31.2. The van der Waals surface area contributed by atoms with Crippen LogP contribution in [-0.2, 0) is 41.2 Å². The van der Waals surface area contributed by atoms with Crippen LogP contribution in [-0.4, -0.2) is 30.3 Å². The summed E-state index contributed by atoms with van der Waals surface area (Å²) in [5.41, 5.74) is 1.31. The lowest BCUT2D eigenvalue weighted by Crippen LogP contribution is -2.11. The van der Waals surface area contributed by atoms with Gasteiger partial charge in [0, 0.05) is 6.42 Å². The minimum Gasteiger partial charge on any atom is -0.508 e. The zero-order chi connectivity index (χ0) is 22.7. The second kappa shape index (κ2) is 12.2. The highest BCUT2D eigenvalue weighted by Gasteiger charge is 2.29. The van der Waals surface area contributed by atoms with Crippen LogP contribution in [0.5, 0.6) is 11.5 Å². The molecule has 0 radical (unpaired) electrons. The van der Waals surface area contributed by atoms with Crippen molar-refractivity contribution in [2.45, 2.75) is 39.4 Å². The maximum Gasteiger partial charge on any atom is 0.342 e. The first-order valence-corrected chi connectivity index (χ1v) is 11.6. The number of phenols is 1. The van der Waals surface area contributed by atoms with Crippen molar-refractivity contribution in [2.24, 2.45) is 0 Å². The molecule has 0 saturated carbocycles. The molecule has 2 aromatic carbocycles. The summed E-state index contributed by atoms with van der Waals surface area (Å²) in [5.74, 6) is -0.511. The number of esters is 2. The molecule has 1 N–H and O–H groups in total. The van der Waals surface area contributed by atoms with E-state index in [1.807, 2.05) is 6.92 Å². The monoisotopic (exact) mass is 450 g/mol. The summed E-state index contributed by atoms with van der Waals surface area (Å²) >= 11 is 0. The van der Waals surface area contributed by atoms with Crippen molar-refractivity contribution in [3.05, 3.63) is 59.7 Å². The van der Waals surface area contributed by atoms with Crippen LogP contribution in [0.1, 0.15) is 37.3 Å². The summed E-state index contributed by atoms with van der Waals surface area (Å²) in [6.45, 7) is 1.85. The van der Waals surface area contributed by atoms with E-state index in [-0.39, 0.29) is 24.9 Å². The first-order valence-electron chi connectivity index (χ1n) is 9.86. The first-order chi connectivity index (χ1) is 14.8. The van der Waals surface area contributed by atoms with Gasteiger partial charge in [-0.15, -0.1) is 0 Å². The molecular formula is C22H27O8P. The molecule has 1 atom stereocenters. The Hall–Kier alpha value is -2.67. The summed E-state index contributed by atoms with van der Waals surface area (Å²) in [5, 5.41) is 9.34. The Bertz CT molecular complexity index is 893. The van der Waals surface area contributed by atoms with E-state index in [1.165, 1.54) is 19.2 Å². The van der Waals surface area contributed by atoms with E-state index in [4.69, 9.17) is 13.8 Å². The number of methoxy groups -OCH3 is 1. The van der Waals surface area contributed by atoms with Crippen molar-refractivity contribution in [3.63, 3.8) is 0 Å². The van der Waals surface area contributed by atoms with Crippen molar-refractivity contribution in [2.75, 3.05) is 13.3 Å². The average Bonchev–Trinajstić information content (AvgIpc) is 2.77. The molecule has 8 nitrogen and oxygen atoms in total. The highest BCUT2D eigenvalue weighted by molar-refractivity contribution is 7.54. The summed E-state index contributed by atoms with van der Waals surface area (Å²) in [6.07, 6.45) is 1.50. The maximum absolute atomic E-state index is 13.0. The van der Waals surface area contributed by atoms with Gasteiger partial charge in [-0.2, -0.15) is 0 Å². The number of hydrogen-bond acceptors (Lipinski definition) is 8. The number of aromatic hydroxyl groups is 1. The molecule has 2 aromatic rings. The Morgan fingerprint density at radius 1 is 0.903 bits per heavy atom. The van der Waals surface area contributed by atoms with Crippen LogP contribution in [0.25, 0.3) is 0 Å². The lowest BCUT2D eigenvalue weighted by atomic mass is 10.2. The Morgan fingerprint density at radius 2 is 1.45 bits per heavy atom. The minimum absolute atomic E-state index is 0.0683. The van der Waals surface area contributed by atoms with Crippen LogP contribution in [0.3, 0.4) is 0 Å². The molecule has 0 saturated heterocycles. The standard InChI is InChI=1S/C22H27O8P/c1-3-4-5-21(24)30-20-12-8-18(9-13-20)15-29-31(26,16-22(25)27-2)28-14-17-6-10-19(23)11-7-17/h6-13,23H,3-5,14-16H2,1-2H3. The lowest BCUT2D eigenvalue weighted by Gasteiger charge is -2.18. The van der Waals surface area contributed by atoms with E-state index in [0.717, 1.165) is 12.8 Å². The molecule has 0 aromatic heterocycles. The van der Waals surface area contributed by atoms with Gasteiger partial charge in [-0.05, 0) is 41.8 Å². The lowest BCUT2D eigenvalue weighted by molar-refractivity contribution is -0.138. The molecule has 0 heterocycles. The molecule has 168 valence electrons. The van der Waals surface area contributed by atoms with E-state index in [9.17, 15) is 19.3 Å². The molecule has 9 heteroatoms. The molecule has 0 spiro atoms. The largest absolute Gasteiger partial charge is 0.508 e. The van der Waals surface area contributed by atoms with Gasteiger partial charge in [-0.1, -0.05) is 37.6 Å². The van der Waals surface area contributed by atoms with Crippen LogP contribution in [0, 0.1) is 0 Å². The van der Waals surface area contributed by atoms with E-state index in [2.05, 4.69) is 4.74 Å². The van der Waals surface area contributed by atoms with E-state index in [1.54, 1.807) is 36.4 Å². The number of rotatable bonds is 12. The third-order valence-electron chi connectivity index (χ3n) is 4.23. The van der Waals surface area contributed by atoms with E-state index >= 15 is 0 Å². The molecule has 0 amide bonds. The smallest absolute Gasteiger partial charge is 0.342 e. The van der Waals surface area contributed by atoms with E-state index < -0.39 is 19.7 Å². The summed E-state index contributed by atoms with van der Waals surface area (Å²) in [6, 6.07) is 12.7. The Morgan fingerprint density at radius 3 is 1.97 bits per heavy atom. The van der Waals surface area contributed by atoms with Crippen molar-refractivity contribution in [1.29, 1.82) is 0 Å². The second-order valence-corrected chi connectivity index (χ2v) is 8.83. The Kier molecular flexibility index (Phi) is 9.72. The summed E-state index contributed by atoms with van der Waals surface area (Å²) in [7, 11) is -2.62. The predicted molar refractivity (Wildman–Crippen MR) is 114 cm³/mol. The van der Waals surface area contributed by atoms with Crippen molar-refractivity contribution in [3.8, 4) is 11.5 Å². The maximum atomic E-state index is 13.0. The van der Waals surface area contributed by atoms with Crippen molar-refractivity contribution < 1.29 is 37.8 Å². The second-order valence-electron chi connectivity index (χ2n) is 6.78. The van der Waals surface area contributed by atoms with Gasteiger partial charge < -0.3 is 23.6 Å². The molecule has 1 unspecified atom stereocenters. The fraction of sp³-hybridized carbons (Fsp3) is 0.364. The number of unbranched alkanes of at least 4 members (excludes halogenated alkanes) is 1. The highest BCUT2D eigenvalue weighted by Crippen LogP contribution is 2.49. The fourth-order valence-corrected chi connectivity index (χ4v) is 3.84. The van der Waals surface area contributed by atoms with Gasteiger partial charge in [0.05, 0.1) is 20.3 Å². The van der Waals surface area contributed by atoms with Gasteiger partial charge in [-0.3, -0.25) is 14.2 Å².